The number of hydrogen-bond donors (Lipinski definition) is 1. The number of carboxylic acids is 1. The average molecular weight is 287 g/mol. The van der Waals surface area contributed by atoms with Gasteiger partial charge in [-0.05, 0) is 29.0 Å². The third-order valence-corrected chi connectivity index (χ3v) is 4.85. The lowest BCUT2D eigenvalue weighted by molar-refractivity contribution is -0.138. The van der Waals surface area contributed by atoms with Gasteiger partial charge >= 0.3 is 5.97 Å². The summed E-state index contributed by atoms with van der Waals surface area (Å²) in [5.41, 5.74) is 2.45. The fourth-order valence-electron chi connectivity index (χ4n) is 2.83. The maximum absolute atomic E-state index is 11.2. The van der Waals surface area contributed by atoms with Crippen LogP contribution in [0.3, 0.4) is 0 Å². The molecule has 0 saturated heterocycles. The second kappa shape index (κ2) is 5.77. The molecular formula is C16H17NO2S. The minimum atomic E-state index is -0.741. The molecule has 2 heterocycles. The first-order valence-corrected chi connectivity index (χ1v) is 7.68. The molecule has 1 N–H and O–H groups in total. The third kappa shape index (κ3) is 2.76. The number of nitrogens with zero attached hydrogens (tertiary/aromatic N) is 1. The van der Waals surface area contributed by atoms with Crippen molar-refractivity contribution < 1.29 is 9.90 Å². The summed E-state index contributed by atoms with van der Waals surface area (Å²) in [6.07, 6.45) is 1.18. The van der Waals surface area contributed by atoms with Gasteiger partial charge in [0.25, 0.3) is 0 Å². The molecule has 0 bridgehead atoms. The Hall–Kier alpha value is -1.65. The molecule has 0 aliphatic carbocycles. The van der Waals surface area contributed by atoms with Gasteiger partial charge in [0.1, 0.15) is 0 Å². The van der Waals surface area contributed by atoms with Gasteiger partial charge in [0.2, 0.25) is 0 Å². The summed E-state index contributed by atoms with van der Waals surface area (Å²) in [5, 5.41) is 11.3. The predicted octanol–water partition coefficient (Wildman–Crippen LogP) is 3.32. The maximum Gasteiger partial charge on any atom is 0.305 e. The summed E-state index contributed by atoms with van der Waals surface area (Å²) in [4.78, 5) is 14.9. The van der Waals surface area contributed by atoms with Crippen molar-refractivity contribution in [2.24, 2.45) is 0 Å². The van der Waals surface area contributed by atoms with Gasteiger partial charge in [-0.2, -0.15) is 0 Å². The van der Waals surface area contributed by atoms with E-state index in [1.54, 1.807) is 11.3 Å². The lowest BCUT2D eigenvalue weighted by atomic mass is 9.99. The van der Waals surface area contributed by atoms with E-state index in [1.807, 2.05) is 30.3 Å². The van der Waals surface area contributed by atoms with Gasteiger partial charge in [-0.25, -0.2) is 0 Å². The van der Waals surface area contributed by atoms with E-state index in [2.05, 4.69) is 16.3 Å². The Labute approximate surface area is 122 Å². The van der Waals surface area contributed by atoms with Crippen molar-refractivity contribution in [1.82, 2.24) is 4.90 Å². The van der Waals surface area contributed by atoms with E-state index in [0.29, 0.717) is 0 Å². The molecule has 104 valence electrons. The van der Waals surface area contributed by atoms with Gasteiger partial charge in [-0.1, -0.05) is 30.3 Å². The Morgan fingerprint density at radius 1 is 1.30 bits per heavy atom. The van der Waals surface area contributed by atoms with Gasteiger partial charge < -0.3 is 5.11 Å². The maximum atomic E-state index is 11.2. The van der Waals surface area contributed by atoms with E-state index in [-0.39, 0.29) is 12.5 Å². The quantitative estimate of drug-likeness (QED) is 0.937. The molecule has 0 radical (unpaired) electrons. The van der Waals surface area contributed by atoms with Gasteiger partial charge in [0.05, 0.1) is 6.42 Å². The van der Waals surface area contributed by atoms with Gasteiger partial charge in [0, 0.05) is 24.0 Å². The molecule has 3 rings (SSSR count). The molecule has 1 atom stereocenters. The normalized spacial score (nSPS) is 16.6. The van der Waals surface area contributed by atoms with Crippen molar-refractivity contribution in [3.63, 3.8) is 0 Å². The standard InChI is InChI=1S/C16H17NO2S/c18-16(19)10-14(12-4-2-1-3-5-12)17-8-6-15-13(11-17)7-9-20-15/h1-5,7,9,14H,6,8,10-11H2,(H,18,19). The zero-order valence-electron chi connectivity index (χ0n) is 11.2. The lowest BCUT2D eigenvalue weighted by Gasteiger charge is -2.34. The number of rotatable bonds is 4. The van der Waals surface area contributed by atoms with Crippen LogP contribution in [0.2, 0.25) is 0 Å². The number of carbonyl (C=O) groups is 1. The SMILES string of the molecule is O=C(O)CC(c1ccccc1)N1CCc2sccc2C1. The van der Waals surface area contributed by atoms with Gasteiger partial charge in [0.15, 0.2) is 0 Å². The van der Waals surface area contributed by atoms with E-state index in [0.717, 1.165) is 25.1 Å². The summed E-state index contributed by atoms with van der Waals surface area (Å²) in [6, 6.07) is 12.1. The number of hydrogen-bond acceptors (Lipinski definition) is 3. The molecule has 1 aromatic heterocycles. The van der Waals surface area contributed by atoms with Crippen LogP contribution < -0.4 is 0 Å². The molecule has 2 aromatic rings. The zero-order valence-corrected chi connectivity index (χ0v) is 12.0. The third-order valence-electron chi connectivity index (χ3n) is 3.83. The highest BCUT2D eigenvalue weighted by molar-refractivity contribution is 7.10. The smallest absolute Gasteiger partial charge is 0.305 e. The highest BCUT2D eigenvalue weighted by atomic mass is 32.1. The van der Waals surface area contributed by atoms with Crippen LogP contribution in [0.4, 0.5) is 0 Å². The fourth-order valence-corrected chi connectivity index (χ4v) is 3.72. The molecule has 1 aliphatic rings. The van der Waals surface area contributed by atoms with E-state index in [1.165, 1.54) is 10.4 Å². The minimum absolute atomic E-state index is 0.0400. The Balaban J connectivity index is 1.85. The summed E-state index contributed by atoms with van der Waals surface area (Å²) in [6.45, 7) is 1.78. The number of aliphatic carboxylic acids is 1. The Morgan fingerprint density at radius 2 is 2.10 bits per heavy atom. The van der Waals surface area contributed by atoms with Crippen LogP contribution in [-0.2, 0) is 17.8 Å². The van der Waals surface area contributed by atoms with Crippen LogP contribution >= 0.6 is 11.3 Å². The predicted molar refractivity (Wildman–Crippen MR) is 79.9 cm³/mol. The molecule has 1 aliphatic heterocycles. The monoisotopic (exact) mass is 287 g/mol. The molecule has 1 unspecified atom stereocenters. The van der Waals surface area contributed by atoms with Gasteiger partial charge in [-0.3, -0.25) is 9.69 Å². The van der Waals surface area contributed by atoms with Crippen molar-refractivity contribution in [2.75, 3.05) is 6.54 Å². The highest BCUT2D eigenvalue weighted by Crippen LogP contribution is 2.32. The van der Waals surface area contributed by atoms with Gasteiger partial charge in [-0.15, -0.1) is 11.3 Å². The first-order valence-electron chi connectivity index (χ1n) is 6.80. The van der Waals surface area contributed by atoms with Crippen LogP contribution in [0.25, 0.3) is 0 Å². The summed E-state index contributed by atoms with van der Waals surface area (Å²) in [5.74, 6) is -0.741. The molecule has 4 heteroatoms. The van der Waals surface area contributed by atoms with Crippen LogP contribution in [0.5, 0.6) is 0 Å². The molecule has 0 saturated carbocycles. The summed E-state index contributed by atoms with van der Waals surface area (Å²) >= 11 is 1.81. The highest BCUT2D eigenvalue weighted by Gasteiger charge is 2.27. The van der Waals surface area contributed by atoms with Crippen LogP contribution in [0.15, 0.2) is 41.8 Å². The molecule has 1 aromatic carbocycles. The van der Waals surface area contributed by atoms with E-state index in [9.17, 15) is 9.90 Å². The molecule has 0 amide bonds. The molecule has 0 fully saturated rings. The molecular weight excluding hydrogens is 270 g/mol. The second-order valence-electron chi connectivity index (χ2n) is 5.11. The van der Waals surface area contributed by atoms with Crippen LogP contribution in [0, 0.1) is 0 Å². The van der Waals surface area contributed by atoms with E-state index >= 15 is 0 Å². The first kappa shape index (κ1) is 13.3. The van der Waals surface area contributed by atoms with Crippen LogP contribution in [-0.4, -0.2) is 22.5 Å². The Morgan fingerprint density at radius 3 is 2.85 bits per heavy atom. The van der Waals surface area contributed by atoms with Crippen molar-refractivity contribution in [2.45, 2.75) is 25.4 Å². The number of carboxylic acid groups (broad SMARTS) is 1. The number of thiophene rings is 1. The average Bonchev–Trinajstić information content (AvgIpc) is 2.93. The largest absolute Gasteiger partial charge is 0.481 e. The molecule has 0 spiro atoms. The van der Waals surface area contributed by atoms with Crippen molar-refractivity contribution in [3.8, 4) is 0 Å². The van der Waals surface area contributed by atoms with E-state index in [4.69, 9.17) is 0 Å². The summed E-state index contributed by atoms with van der Waals surface area (Å²) < 4.78 is 0. The van der Waals surface area contributed by atoms with Crippen molar-refractivity contribution in [1.29, 1.82) is 0 Å². The topological polar surface area (TPSA) is 40.5 Å². The Bertz CT molecular complexity index is 594. The molecule has 20 heavy (non-hydrogen) atoms. The second-order valence-corrected chi connectivity index (χ2v) is 6.11. The van der Waals surface area contributed by atoms with Crippen molar-refractivity contribution in [3.05, 3.63) is 57.8 Å². The fraction of sp³-hybridized carbons (Fsp3) is 0.312. The lowest BCUT2D eigenvalue weighted by Crippen LogP contribution is -2.34. The minimum Gasteiger partial charge on any atom is -0.481 e. The van der Waals surface area contributed by atoms with E-state index < -0.39 is 5.97 Å². The van der Waals surface area contributed by atoms with Crippen molar-refractivity contribution >= 4 is 17.3 Å². The zero-order chi connectivity index (χ0) is 13.9. The Kier molecular flexibility index (Phi) is 3.85. The number of fused-ring (bicyclic) bond motifs is 1. The number of benzene rings is 1. The first-order chi connectivity index (χ1) is 9.74. The van der Waals surface area contributed by atoms with Crippen LogP contribution in [0.1, 0.15) is 28.5 Å². The molecule has 3 nitrogen and oxygen atoms in total. The summed E-state index contributed by atoms with van der Waals surface area (Å²) in [7, 11) is 0.